The zero-order valence-corrected chi connectivity index (χ0v) is 12.5. The Morgan fingerprint density at radius 2 is 2.21 bits per heavy atom. The van der Waals surface area contributed by atoms with Crippen LogP contribution in [0.2, 0.25) is 0 Å². The van der Waals surface area contributed by atoms with Crippen LogP contribution in [0.5, 0.6) is 0 Å². The fourth-order valence-electron chi connectivity index (χ4n) is 2.10. The molecule has 4 nitrogen and oxygen atoms in total. The van der Waals surface area contributed by atoms with Crippen molar-refractivity contribution in [3.63, 3.8) is 0 Å². The molecule has 0 spiro atoms. The van der Waals surface area contributed by atoms with Crippen LogP contribution < -0.4 is 5.32 Å². The van der Waals surface area contributed by atoms with E-state index in [1.54, 1.807) is 12.4 Å². The van der Waals surface area contributed by atoms with Crippen LogP contribution >= 0.6 is 15.9 Å². The molecule has 0 aliphatic rings. The minimum absolute atomic E-state index is 0.147. The molecule has 19 heavy (non-hydrogen) atoms. The number of pyridine rings is 1. The molecule has 0 saturated carbocycles. The van der Waals surface area contributed by atoms with Crippen molar-refractivity contribution in [1.82, 2.24) is 20.1 Å². The molecule has 0 aliphatic carbocycles. The number of aryl methyl sites for hydroxylation is 1. The largest absolute Gasteiger partial charge is 0.308 e. The first kappa shape index (κ1) is 14.1. The van der Waals surface area contributed by atoms with Gasteiger partial charge in [-0.3, -0.25) is 9.67 Å². The SMILES string of the molecule is CCCn1ncc(Br)c1C(NC)c1cncc(F)c1. The van der Waals surface area contributed by atoms with E-state index < -0.39 is 0 Å². The second-order valence-electron chi connectivity index (χ2n) is 4.26. The van der Waals surface area contributed by atoms with Crippen molar-refractivity contribution in [2.75, 3.05) is 7.05 Å². The van der Waals surface area contributed by atoms with E-state index in [-0.39, 0.29) is 11.9 Å². The number of hydrogen-bond acceptors (Lipinski definition) is 3. The average Bonchev–Trinajstić information content (AvgIpc) is 2.74. The van der Waals surface area contributed by atoms with E-state index in [0.29, 0.717) is 0 Å². The summed E-state index contributed by atoms with van der Waals surface area (Å²) < 4.78 is 16.2. The van der Waals surface area contributed by atoms with Gasteiger partial charge in [0, 0.05) is 12.7 Å². The first-order valence-electron chi connectivity index (χ1n) is 6.16. The Labute approximate surface area is 120 Å². The molecule has 1 atom stereocenters. The second-order valence-corrected chi connectivity index (χ2v) is 5.11. The van der Waals surface area contributed by atoms with Crippen LogP contribution in [0.1, 0.15) is 30.6 Å². The van der Waals surface area contributed by atoms with Crippen LogP contribution in [-0.4, -0.2) is 21.8 Å². The second kappa shape index (κ2) is 6.25. The van der Waals surface area contributed by atoms with Gasteiger partial charge < -0.3 is 5.32 Å². The molecule has 0 bridgehead atoms. The monoisotopic (exact) mass is 326 g/mol. The Morgan fingerprint density at radius 1 is 1.42 bits per heavy atom. The van der Waals surface area contributed by atoms with Crippen molar-refractivity contribution in [1.29, 1.82) is 0 Å². The standard InChI is InChI=1S/C13H16BrFN4/c1-3-4-19-13(11(14)8-18-19)12(16-2)9-5-10(15)7-17-6-9/h5-8,12,16H,3-4H2,1-2H3. The summed E-state index contributed by atoms with van der Waals surface area (Å²) in [6.45, 7) is 2.92. The maximum atomic E-state index is 13.3. The number of halogens is 2. The molecule has 0 fully saturated rings. The van der Waals surface area contributed by atoms with Crippen LogP contribution in [-0.2, 0) is 6.54 Å². The lowest BCUT2D eigenvalue weighted by molar-refractivity contribution is 0.529. The van der Waals surface area contributed by atoms with Gasteiger partial charge in [0.2, 0.25) is 0 Å². The summed E-state index contributed by atoms with van der Waals surface area (Å²) in [5.41, 5.74) is 1.76. The lowest BCUT2D eigenvalue weighted by Crippen LogP contribution is -2.22. The number of rotatable bonds is 5. The van der Waals surface area contributed by atoms with Crippen molar-refractivity contribution in [2.45, 2.75) is 25.9 Å². The smallest absolute Gasteiger partial charge is 0.141 e. The topological polar surface area (TPSA) is 42.7 Å². The van der Waals surface area contributed by atoms with Gasteiger partial charge >= 0.3 is 0 Å². The predicted octanol–water partition coefficient (Wildman–Crippen LogP) is 2.90. The fraction of sp³-hybridized carbons (Fsp3) is 0.385. The lowest BCUT2D eigenvalue weighted by Gasteiger charge is -2.19. The van der Waals surface area contributed by atoms with Crippen molar-refractivity contribution >= 4 is 15.9 Å². The van der Waals surface area contributed by atoms with Gasteiger partial charge in [0.25, 0.3) is 0 Å². The molecule has 0 amide bonds. The van der Waals surface area contributed by atoms with Crippen LogP contribution in [0.15, 0.2) is 29.1 Å². The zero-order chi connectivity index (χ0) is 13.8. The third kappa shape index (κ3) is 3.01. The number of nitrogens with one attached hydrogen (secondary N) is 1. The van der Waals surface area contributed by atoms with Gasteiger partial charge in [-0.2, -0.15) is 5.10 Å². The summed E-state index contributed by atoms with van der Waals surface area (Å²) in [6, 6.07) is 1.34. The number of hydrogen-bond donors (Lipinski definition) is 1. The fourth-order valence-corrected chi connectivity index (χ4v) is 2.62. The van der Waals surface area contributed by atoms with Crippen molar-refractivity contribution in [2.24, 2.45) is 0 Å². The van der Waals surface area contributed by atoms with E-state index in [1.165, 1.54) is 12.3 Å². The van der Waals surface area contributed by atoms with Gasteiger partial charge in [0.05, 0.1) is 28.6 Å². The summed E-state index contributed by atoms with van der Waals surface area (Å²) >= 11 is 3.51. The molecular formula is C13H16BrFN4. The maximum absolute atomic E-state index is 13.3. The highest BCUT2D eigenvalue weighted by Crippen LogP contribution is 2.28. The molecule has 6 heteroatoms. The first-order chi connectivity index (χ1) is 9.17. The normalized spacial score (nSPS) is 12.6. The highest BCUT2D eigenvalue weighted by Gasteiger charge is 2.20. The Morgan fingerprint density at radius 3 is 2.84 bits per heavy atom. The average molecular weight is 327 g/mol. The lowest BCUT2D eigenvalue weighted by atomic mass is 10.1. The van der Waals surface area contributed by atoms with E-state index in [1.807, 2.05) is 11.7 Å². The third-order valence-corrected chi connectivity index (χ3v) is 3.50. The molecule has 102 valence electrons. The van der Waals surface area contributed by atoms with Gasteiger partial charge in [-0.1, -0.05) is 6.92 Å². The Hall–Kier alpha value is -1.27. The Balaban J connectivity index is 2.44. The number of nitrogens with zero attached hydrogens (tertiary/aromatic N) is 3. The number of aromatic nitrogens is 3. The molecule has 0 aromatic carbocycles. The molecule has 0 saturated heterocycles. The molecule has 2 aromatic heterocycles. The summed E-state index contributed by atoms with van der Waals surface area (Å²) in [4.78, 5) is 3.91. The van der Waals surface area contributed by atoms with Crippen molar-refractivity contribution < 1.29 is 4.39 Å². The quantitative estimate of drug-likeness (QED) is 0.918. The summed E-state index contributed by atoms with van der Waals surface area (Å²) in [5, 5.41) is 7.53. The Bertz CT molecular complexity index is 555. The van der Waals surface area contributed by atoms with E-state index in [2.05, 4.69) is 38.3 Å². The van der Waals surface area contributed by atoms with Crippen LogP contribution in [0.4, 0.5) is 4.39 Å². The molecule has 0 radical (unpaired) electrons. The molecule has 2 rings (SSSR count). The summed E-state index contributed by atoms with van der Waals surface area (Å²) in [7, 11) is 1.84. The minimum Gasteiger partial charge on any atom is -0.308 e. The maximum Gasteiger partial charge on any atom is 0.141 e. The highest BCUT2D eigenvalue weighted by atomic mass is 79.9. The minimum atomic E-state index is -0.338. The van der Waals surface area contributed by atoms with Crippen LogP contribution in [0.3, 0.4) is 0 Å². The molecule has 1 N–H and O–H groups in total. The van der Waals surface area contributed by atoms with Gasteiger partial charge in [-0.25, -0.2) is 4.39 Å². The van der Waals surface area contributed by atoms with Crippen LogP contribution in [0.25, 0.3) is 0 Å². The third-order valence-electron chi connectivity index (χ3n) is 2.89. The van der Waals surface area contributed by atoms with Gasteiger partial charge in [0.1, 0.15) is 5.82 Å². The molecular weight excluding hydrogens is 311 g/mol. The van der Waals surface area contributed by atoms with E-state index in [0.717, 1.165) is 28.7 Å². The molecule has 1 unspecified atom stereocenters. The van der Waals surface area contributed by atoms with E-state index in [9.17, 15) is 4.39 Å². The first-order valence-corrected chi connectivity index (χ1v) is 6.95. The van der Waals surface area contributed by atoms with Crippen molar-refractivity contribution in [3.05, 3.63) is 46.2 Å². The van der Waals surface area contributed by atoms with Gasteiger partial charge in [0.15, 0.2) is 0 Å². The summed E-state index contributed by atoms with van der Waals surface area (Å²) in [5.74, 6) is -0.338. The molecule has 2 aromatic rings. The van der Waals surface area contributed by atoms with Gasteiger partial charge in [-0.15, -0.1) is 0 Å². The predicted molar refractivity (Wildman–Crippen MR) is 75.3 cm³/mol. The van der Waals surface area contributed by atoms with Gasteiger partial charge in [-0.05, 0) is 41.0 Å². The van der Waals surface area contributed by atoms with E-state index in [4.69, 9.17) is 0 Å². The van der Waals surface area contributed by atoms with Crippen LogP contribution in [0, 0.1) is 5.82 Å². The Kier molecular flexibility index (Phi) is 4.66. The summed E-state index contributed by atoms with van der Waals surface area (Å²) in [6.07, 6.45) is 5.62. The highest BCUT2D eigenvalue weighted by molar-refractivity contribution is 9.10. The molecule has 2 heterocycles. The zero-order valence-electron chi connectivity index (χ0n) is 10.9. The van der Waals surface area contributed by atoms with Crippen molar-refractivity contribution in [3.8, 4) is 0 Å². The van der Waals surface area contributed by atoms with E-state index >= 15 is 0 Å². The molecule has 0 aliphatic heterocycles.